The van der Waals surface area contributed by atoms with E-state index in [1.165, 1.54) is 11.7 Å². The topological polar surface area (TPSA) is 115 Å². The Bertz CT molecular complexity index is 970. The molecule has 1 aromatic carbocycles. The number of phosphoric acid groups is 1. The molecule has 2 fully saturated rings. The summed E-state index contributed by atoms with van der Waals surface area (Å²) in [6.45, 7) is 0.131. The van der Waals surface area contributed by atoms with Gasteiger partial charge in [-0.1, -0.05) is 18.2 Å². The maximum Gasteiger partial charge on any atom is 0.502 e. The van der Waals surface area contributed by atoms with Gasteiger partial charge in [-0.3, -0.25) is 18.4 Å². The van der Waals surface area contributed by atoms with E-state index in [9.17, 15) is 9.36 Å². The number of phosphoric ester groups is 1. The molecule has 0 saturated carbocycles. The SMILES string of the molecule is COC[C@@]12CO[C@H]([C@H](n3ccc4ccccc4c3=O)O1)[C@@H]2OP(=O)(OC)OO. The van der Waals surface area contributed by atoms with Gasteiger partial charge in [-0.2, -0.15) is 0 Å². The fraction of sp³-hybridized carbons (Fsp3) is 0.471. The van der Waals surface area contributed by atoms with Crippen molar-refractivity contribution >= 4 is 18.6 Å². The molecule has 1 aromatic heterocycles. The van der Waals surface area contributed by atoms with Crippen LogP contribution in [0.3, 0.4) is 0 Å². The number of nitrogens with zero attached hydrogens (tertiary/aromatic N) is 1. The van der Waals surface area contributed by atoms with Crippen LogP contribution in [0.4, 0.5) is 0 Å². The van der Waals surface area contributed by atoms with Crippen LogP contribution in [0, 0.1) is 0 Å². The molecule has 28 heavy (non-hydrogen) atoms. The van der Waals surface area contributed by atoms with Gasteiger partial charge < -0.3 is 14.2 Å². The molecule has 152 valence electrons. The van der Waals surface area contributed by atoms with Crippen molar-refractivity contribution in [2.24, 2.45) is 0 Å². The lowest BCUT2D eigenvalue weighted by atomic mass is 10.0. The molecule has 2 bridgehead atoms. The van der Waals surface area contributed by atoms with E-state index < -0.39 is 31.9 Å². The zero-order valence-electron chi connectivity index (χ0n) is 15.2. The molecule has 0 spiro atoms. The Labute approximate surface area is 160 Å². The average molecular weight is 413 g/mol. The first-order chi connectivity index (χ1) is 13.5. The third-order valence-corrected chi connectivity index (χ3v) is 6.18. The highest BCUT2D eigenvalue weighted by Crippen LogP contribution is 2.56. The third-order valence-electron chi connectivity index (χ3n) is 5.04. The van der Waals surface area contributed by atoms with Crippen LogP contribution in [-0.2, 0) is 32.5 Å². The number of rotatable bonds is 7. The maximum absolute atomic E-state index is 13.0. The second kappa shape index (κ2) is 7.33. The maximum atomic E-state index is 13.0. The lowest BCUT2D eigenvalue weighted by Gasteiger charge is -2.31. The van der Waals surface area contributed by atoms with Crippen molar-refractivity contribution in [3.05, 3.63) is 46.9 Å². The Balaban J connectivity index is 1.74. The lowest BCUT2D eigenvalue weighted by molar-refractivity contribution is -0.193. The van der Waals surface area contributed by atoms with E-state index in [0.717, 1.165) is 12.5 Å². The van der Waals surface area contributed by atoms with E-state index in [2.05, 4.69) is 9.20 Å². The molecule has 2 aromatic rings. The van der Waals surface area contributed by atoms with Crippen LogP contribution in [0.25, 0.3) is 10.8 Å². The standard InChI is InChI=1S/C17H20NO9P/c1-22-9-17-10-24-13(14(17)26-28(21,23-2)27-20)16(25-17)18-8-7-11-5-3-4-6-12(11)15(18)19/h3-8,13-14,16,20H,9-10H2,1-2H3/t13-,14-,16+,17-,28?/m0/s1. The van der Waals surface area contributed by atoms with Gasteiger partial charge in [-0.25, -0.2) is 9.82 Å². The minimum atomic E-state index is -4.25. The molecular formula is C17H20NO9P. The summed E-state index contributed by atoms with van der Waals surface area (Å²) in [4.78, 5) is 13.0. The Morgan fingerprint density at radius 2 is 2.11 bits per heavy atom. The second-order valence-corrected chi connectivity index (χ2v) is 8.27. The van der Waals surface area contributed by atoms with E-state index in [0.29, 0.717) is 5.39 Å². The number of methoxy groups -OCH3 is 1. The minimum absolute atomic E-state index is 0.0438. The van der Waals surface area contributed by atoms with Crippen LogP contribution in [0.2, 0.25) is 0 Å². The smallest absolute Gasteiger partial charge is 0.381 e. The van der Waals surface area contributed by atoms with Crippen molar-refractivity contribution < 1.29 is 37.8 Å². The molecule has 1 N–H and O–H groups in total. The quantitative estimate of drug-likeness (QED) is 0.413. The fourth-order valence-corrected chi connectivity index (χ4v) is 4.54. The number of benzene rings is 1. The summed E-state index contributed by atoms with van der Waals surface area (Å²) in [6, 6.07) is 8.97. The zero-order chi connectivity index (χ0) is 19.9. The zero-order valence-corrected chi connectivity index (χ0v) is 16.1. The highest BCUT2D eigenvalue weighted by Gasteiger charge is 2.65. The van der Waals surface area contributed by atoms with Crippen molar-refractivity contribution in [3.63, 3.8) is 0 Å². The number of fused-ring (bicyclic) bond motifs is 3. The molecule has 0 radical (unpaired) electrons. The Hall–Kier alpha value is -1.62. The summed E-state index contributed by atoms with van der Waals surface area (Å²) < 4.78 is 44.9. The van der Waals surface area contributed by atoms with E-state index in [1.807, 2.05) is 12.1 Å². The Morgan fingerprint density at radius 1 is 1.32 bits per heavy atom. The van der Waals surface area contributed by atoms with E-state index >= 15 is 0 Å². The monoisotopic (exact) mass is 413 g/mol. The van der Waals surface area contributed by atoms with Gasteiger partial charge in [-0.05, 0) is 17.5 Å². The number of pyridine rings is 1. The van der Waals surface area contributed by atoms with Gasteiger partial charge in [0.25, 0.3) is 5.56 Å². The van der Waals surface area contributed by atoms with Gasteiger partial charge >= 0.3 is 7.82 Å². The van der Waals surface area contributed by atoms with Gasteiger partial charge in [0.05, 0.1) is 13.2 Å². The molecule has 3 heterocycles. The molecule has 1 unspecified atom stereocenters. The van der Waals surface area contributed by atoms with Crippen LogP contribution in [0.1, 0.15) is 6.23 Å². The molecular weight excluding hydrogens is 393 g/mol. The minimum Gasteiger partial charge on any atom is -0.381 e. The normalized spacial score (nSPS) is 31.3. The second-order valence-electron chi connectivity index (χ2n) is 6.63. The van der Waals surface area contributed by atoms with Crippen molar-refractivity contribution in [2.75, 3.05) is 27.4 Å². The highest BCUT2D eigenvalue weighted by molar-refractivity contribution is 7.48. The number of ether oxygens (including phenoxy) is 3. The van der Waals surface area contributed by atoms with Crippen LogP contribution >= 0.6 is 7.82 Å². The molecule has 11 heteroatoms. The van der Waals surface area contributed by atoms with Crippen molar-refractivity contribution in [3.8, 4) is 0 Å². The van der Waals surface area contributed by atoms with Crippen molar-refractivity contribution in [2.45, 2.75) is 24.0 Å². The molecule has 0 amide bonds. The molecule has 0 aliphatic carbocycles. The number of hydrogen-bond acceptors (Lipinski definition) is 9. The predicted molar refractivity (Wildman–Crippen MR) is 95.9 cm³/mol. The average Bonchev–Trinajstić information content (AvgIpc) is 3.19. The van der Waals surface area contributed by atoms with Gasteiger partial charge in [0.1, 0.15) is 17.8 Å². The lowest BCUT2D eigenvalue weighted by Crippen LogP contribution is -2.46. The van der Waals surface area contributed by atoms with Crippen LogP contribution in [0.15, 0.2) is 41.3 Å². The molecule has 5 atom stereocenters. The molecule has 2 aliphatic rings. The van der Waals surface area contributed by atoms with Gasteiger partial charge in [-0.15, -0.1) is 4.67 Å². The molecule has 2 saturated heterocycles. The number of aromatic nitrogens is 1. The Kier molecular flexibility index (Phi) is 5.15. The van der Waals surface area contributed by atoms with E-state index in [4.69, 9.17) is 24.0 Å². The molecule has 2 aliphatic heterocycles. The summed E-state index contributed by atoms with van der Waals surface area (Å²) in [6.07, 6.45) is -1.01. The van der Waals surface area contributed by atoms with Gasteiger partial charge in [0.2, 0.25) is 0 Å². The van der Waals surface area contributed by atoms with Crippen molar-refractivity contribution in [1.29, 1.82) is 0 Å². The fourth-order valence-electron chi connectivity index (χ4n) is 3.76. The summed E-state index contributed by atoms with van der Waals surface area (Å²) in [5.74, 6) is 0. The first-order valence-corrected chi connectivity index (χ1v) is 9.98. The number of hydrogen-bond donors (Lipinski definition) is 1. The largest absolute Gasteiger partial charge is 0.502 e. The van der Waals surface area contributed by atoms with Crippen molar-refractivity contribution in [1.82, 2.24) is 4.57 Å². The Morgan fingerprint density at radius 3 is 2.82 bits per heavy atom. The van der Waals surface area contributed by atoms with E-state index in [1.54, 1.807) is 24.4 Å². The third kappa shape index (κ3) is 3.02. The van der Waals surface area contributed by atoms with E-state index in [-0.39, 0.29) is 18.8 Å². The summed E-state index contributed by atoms with van der Waals surface area (Å²) in [7, 11) is -1.71. The first kappa shape index (κ1) is 19.7. The van der Waals surface area contributed by atoms with Gasteiger partial charge in [0.15, 0.2) is 6.23 Å². The summed E-state index contributed by atoms with van der Waals surface area (Å²) in [5.41, 5.74) is -1.42. The van der Waals surface area contributed by atoms with Crippen LogP contribution in [-0.4, -0.2) is 55.1 Å². The first-order valence-electron chi connectivity index (χ1n) is 8.52. The summed E-state index contributed by atoms with van der Waals surface area (Å²) >= 11 is 0. The highest BCUT2D eigenvalue weighted by atomic mass is 31.2. The summed E-state index contributed by atoms with van der Waals surface area (Å²) in [5, 5.41) is 10.2. The molecule has 10 nitrogen and oxygen atoms in total. The predicted octanol–water partition coefficient (Wildman–Crippen LogP) is 1.94. The van der Waals surface area contributed by atoms with Crippen LogP contribution < -0.4 is 5.56 Å². The molecule has 4 rings (SSSR count). The van der Waals surface area contributed by atoms with Crippen LogP contribution in [0.5, 0.6) is 0 Å². The van der Waals surface area contributed by atoms with Gasteiger partial charge in [0, 0.05) is 25.8 Å².